The van der Waals surface area contributed by atoms with Crippen LogP contribution in [0.4, 0.5) is 0 Å². The highest BCUT2D eigenvalue weighted by atomic mass is 15.0. The number of fused-ring (bicyclic) bond motifs is 3. The van der Waals surface area contributed by atoms with Crippen molar-refractivity contribution >= 4 is 21.8 Å². The minimum absolute atomic E-state index is 0.529. The lowest BCUT2D eigenvalue weighted by molar-refractivity contribution is 1.07. The molecule has 0 saturated carbocycles. The number of aromatic nitrogens is 8. The van der Waals surface area contributed by atoms with E-state index in [1.54, 1.807) is 0 Å². The summed E-state index contributed by atoms with van der Waals surface area (Å²) < 4.78 is 2.39. The maximum absolute atomic E-state index is 5.86. The monoisotopic (exact) mass is 1310 g/mol. The van der Waals surface area contributed by atoms with E-state index in [4.69, 9.17) is 34.9 Å². The van der Waals surface area contributed by atoms with E-state index in [0.29, 0.717) is 29.1 Å². The molecule has 14 aromatic carbocycles. The van der Waals surface area contributed by atoms with E-state index in [2.05, 4.69) is 296 Å². The van der Waals surface area contributed by atoms with E-state index >= 15 is 0 Å². The number of hydrogen-bond donors (Lipinski definition) is 0. The SMILES string of the molecule is c1ccc(-c2ccc3c(c2)c2ccccc2n3-c2ccc(-c3c(-c4ccc(-c5nc(-c6ccccc6)nc(-c6ccccc6)n5)cc4)c(-c4nc(-c5ccccc5)cc(-c5ccccc5)n4)c(-c4ccccc4)c(-c4ccccc4)c3-c3nc(-c4ccccc4)cc(-c4ccccc4)n3)cc2)cc1. The molecule has 0 aliphatic rings. The van der Waals surface area contributed by atoms with Gasteiger partial charge in [-0.05, 0) is 75.8 Å². The summed E-state index contributed by atoms with van der Waals surface area (Å²) in [5, 5.41) is 2.34. The molecule has 8 nitrogen and oxygen atoms in total. The van der Waals surface area contributed by atoms with Crippen LogP contribution in [0.2, 0.25) is 0 Å². The fourth-order valence-electron chi connectivity index (χ4n) is 14.3. The van der Waals surface area contributed by atoms with Crippen LogP contribution in [0.15, 0.2) is 376 Å². The summed E-state index contributed by atoms with van der Waals surface area (Å²) in [6.45, 7) is 0. The number of para-hydroxylation sites is 1. The van der Waals surface area contributed by atoms with Crippen LogP contribution in [0, 0.1) is 0 Å². The van der Waals surface area contributed by atoms with E-state index in [-0.39, 0.29) is 0 Å². The largest absolute Gasteiger partial charge is 0.309 e. The molecule has 4 aromatic heterocycles. The van der Waals surface area contributed by atoms with Crippen LogP contribution in [0.25, 0.3) is 185 Å². The average Bonchev–Trinajstić information content (AvgIpc) is 1.16. The van der Waals surface area contributed by atoms with Gasteiger partial charge in [0.05, 0.1) is 33.8 Å². The second kappa shape index (κ2) is 27.1. The topological polar surface area (TPSA) is 95.2 Å². The molecule has 482 valence electrons. The zero-order valence-electron chi connectivity index (χ0n) is 55.9. The lowest BCUT2D eigenvalue weighted by Gasteiger charge is -2.28. The fraction of sp³-hybridized carbons (Fsp3) is 0. The van der Waals surface area contributed by atoms with Crippen molar-refractivity contribution in [1.82, 2.24) is 39.5 Å². The van der Waals surface area contributed by atoms with Crippen molar-refractivity contribution < 1.29 is 0 Å². The van der Waals surface area contributed by atoms with Crippen molar-refractivity contribution in [3.05, 3.63) is 376 Å². The van der Waals surface area contributed by atoms with Crippen LogP contribution in [-0.4, -0.2) is 39.5 Å². The molecule has 8 heteroatoms. The van der Waals surface area contributed by atoms with Gasteiger partial charge in [-0.25, -0.2) is 34.9 Å². The molecule has 0 N–H and O–H groups in total. The summed E-state index contributed by atoms with van der Waals surface area (Å²) in [6, 6.07) is 132. The number of nitrogens with zero attached hydrogens (tertiary/aromatic N) is 8. The molecule has 0 spiro atoms. The highest BCUT2D eigenvalue weighted by molar-refractivity contribution is 6.15. The van der Waals surface area contributed by atoms with Crippen molar-refractivity contribution in [2.24, 2.45) is 0 Å². The molecule has 0 amide bonds. The predicted molar refractivity (Wildman–Crippen MR) is 421 cm³/mol. The van der Waals surface area contributed by atoms with Crippen LogP contribution < -0.4 is 0 Å². The van der Waals surface area contributed by atoms with Crippen LogP contribution in [-0.2, 0) is 0 Å². The smallest absolute Gasteiger partial charge is 0.164 e. The molecule has 0 saturated heterocycles. The van der Waals surface area contributed by atoms with E-state index in [1.165, 1.54) is 16.3 Å². The number of rotatable bonds is 15. The van der Waals surface area contributed by atoms with Crippen molar-refractivity contribution in [2.45, 2.75) is 0 Å². The van der Waals surface area contributed by atoms with Crippen LogP contribution in [0.1, 0.15) is 0 Å². The van der Waals surface area contributed by atoms with Crippen LogP contribution in [0.3, 0.4) is 0 Å². The Morgan fingerprint density at radius 2 is 0.417 bits per heavy atom. The summed E-state index contributed by atoms with van der Waals surface area (Å²) in [5.74, 6) is 2.75. The van der Waals surface area contributed by atoms with Crippen molar-refractivity contribution in [3.63, 3.8) is 0 Å². The van der Waals surface area contributed by atoms with Gasteiger partial charge in [0, 0.05) is 88.8 Å². The molecular formula is C95H62N8. The first-order chi connectivity index (χ1) is 51.1. The van der Waals surface area contributed by atoms with Gasteiger partial charge in [-0.3, -0.25) is 0 Å². The second-order valence-electron chi connectivity index (χ2n) is 25.5. The molecule has 4 heterocycles. The van der Waals surface area contributed by atoms with Gasteiger partial charge in [-0.2, -0.15) is 0 Å². The summed E-state index contributed by atoms with van der Waals surface area (Å²) in [5.41, 5.74) is 23.9. The molecule has 0 radical (unpaired) electrons. The van der Waals surface area contributed by atoms with Crippen molar-refractivity contribution in [2.75, 3.05) is 0 Å². The first kappa shape index (κ1) is 61.4. The van der Waals surface area contributed by atoms with Crippen LogP contribution >= 0.6 is 0 Å². The molecule has 0 unspecified atom stereocenters. The fourth-order valence-corrected chi connectivity index (χ4v) is 14.3. The third kappa shape index (κ3) is 11.9. The van der Waals surface area contributed by atoms with Gasteiger partial charge in [0.2, 0.25) is 0 Å². The minimum Gasteiger partial charge on any atom is -0.309 e. The van der Waals surface area contributed by atoms with E-state index in [1.807, 2.05) is 84.9 Å². The molecule has 18 aromatic rings. The maximum atomic E-state index is 5.86. The standard InChI is InChI=1S/C95H62N8/c1-10-30-63(31-11-1)75-56-59-84-78(60-75)77-48-28-29-49-83(77)103(84)76-57-54-71(55-58-76)88-87(70-50-52-74(53-51-70)93-101-91(72-44-24-8-25-45-72)100-92(102-93)73-46-26-9-27-47-73)89(94-96-79(64-32-12-2-13-33-64)61-80(97-94)65-34-14-3-15-35-65)85(68-40-20-6-21-41-68)86(69-42-22-7-23-43-69)90(88)95-98-81(66-36-16-4-17-37-66)62-82(99-95)67-38-18-5-19-39-67/h1-62H. The van der Waals surface area contributed by atoms with Crippen LogP contribution in [0.5, 0.6) is 0 Å². The summed E-state index contributed by atoms with van der Waals surface area (Å²) in [4.78, 5) is 39.0. The molecule has 0 fully saturated rings. The zero-order chi connectivity index (χ0) is 68.4. The summed E-state index contributed by atoms with van der Waals surface area (Å²) in [7, 11) is 0. The van der Waals surface area contributed by atoms with E-state index in [0.717, 1.165) is 140 Å². The van der Waals surface area contributed by atoms with E-state index in [9.17, 15) is 0 Å². The highest BCUT2D eigenvalue weighted by Gasteiger charge is 2.33. The molecular weight excluding hydrogens is 1250 g/mol. The quantitative estimate of drug-likeness (QED) is 0.101. The van der Waals surface area contributed by atoms with Gasteiger partial charge in [0.1, 0.15) is 0 Å². The maximum Gasteiger partial charge on any atom is 0.164 e. The minimum atomic E-state index is 0.529. The molecule has 0 aliphatic carbocycles. The molecule has 0 aliphatic heterocycles. The molecule has 0 bridgehead atoms. The Morgan fingerprint density at radius 1 is 0.155 bits per heavy atom. The number of benzene rings is 14. The third-order valence-electron chi connectivity index (χ3n) is 19.1. The molecule has 18 rings (SSSR count). The molecule has 103 heavy (non-hydrogen) atoms. The third-order valence-corrected chi connectivity index (χ3v) is 19.1. The first-order valence-electron chi connectivity index (χ1n) is 34.6. The van der Waals surface area contributed by atoms with E-state index < -0.39 is 0 Å². The summed E-state index contributed by atoms with van der Waals surface area (Å²) >= 11 is 0. The van der Waals surface area contributed by atoms with Gasteiger partial charge < -0.3 is 4.57 Å². The number of hydrogen-bond acceptors (Lipinski definition) is 7. The predicted octanol–water partition coefficient (Wildman–Crippen LogP) is 23.9. The second-order valence-corrected chi connectivity index (χ2v) is 25.5. The Kier molecular flexibility index (Phi) is 16.1. The van der Waals surface area contributed by atoms with Gasteiger partial charge in [-0.1, -0.05) is 334 Å². The van der Waals surface area contributed by atoms with Crippen molar-refractivity contribution in [3.8, 4) is 163 Å². The average molecular weight is 1320 g/mol. The summed E-state index contributed by atoms with van der Waals surface area (Å²) in [6.07, 6.45) is 0. The van der Waals surface area contributed by atoms with Gasteiger partial charge >= 0.3 is 0 Å². The normalized spacial score (nSPS) is 11.3. The van der Waals surface area contributed by atoms with Gasteiger partial charge in [-0.15, -0.1) is 0 Å². The van der Waals surface area contributed by atoms with Crippen molar-refractivity contribution in [1.29, 1.82) is 0 Å². The van der Waals surface area contributed by atoms with Gasteiger partial charge in [0.25, 0.3) is 0 Å². The lowest BCUT2D eigenvalue weighted by atomic mass is 9.76. The van der Waals surface area contributed by atoms with Gasteiger partial charge in [0.15, 0.2) is 29.1 Å². The Labute approximate surface area is 597 Å². The molecule has 0 atom stereocenters. The Hall–Kier alpha value is -14.0. The zero-order valence-corrected chi connectivity index (χ0v) is 55.9. The first-order valence-corrected chi connectivity index (χ1v) is 34.6. The Balaban J connectivity index is 0.994. The highest BCUT2D eigenvalue weighted by Crippen LogP contribution is 2.56. The lowest BCUT2D eigenvalue weighted by Crippen LogP contribution is -2.07. The Bertz CT molecular complexity index is 5910. The Morgan fingerprint density at radius 3 is 0.786 bits per heavy atom.